The number of aliphatic carboxylic acids is 1. The highest BCUT2D eigenvalue weighted by Gasteiger charge is 2.33. The van der Waals surface area contributed by atoms with Gasteiger partial charge in [0.1, 0.15) is 11.6 Å². The lowest BCUT2D eigenvalue weighted by molar-refractivity contribution is -0.143. The second-order valence-corrected chi connectivity index (χ2v) is 4.62. The van der Waals surface area contributed by atoms with Crippen LogP contribution in [0.2, 0.25) is 0 Å². The van der Waals surface area contributed by atoms with Gasteiger partial charge in [-0.05, 0) is 25.5 Å². The fourth-order valence-corrected chi connectivity index (χ4v) is 1.82. The number of anilines is 1. The number of para-hydroxylation sites is 1. The fraction of sp³-hybridized carbons (Fsp3) is 0.357. The largest absolute Gasteiger partial charge is 0.480 e. The van der Waals surface area contributed by atoms with E-state index in [1.807, 2.05) is 13.0 Å². The number of carbonyl (C=O) groups excluding carboxylic acids is 1. The first kappa shape index (κ1) is 15.5. The van der Waals surface area contributed by atoms with E-state index in [1.54, 1.807) is 24.3 Å². The number of hydrogen-bond donors (Lipinski definition) is 3. The molecule has 0 spiro atoms. The predicted molar refractivity (Wildman–Crippen MR) is 74.3 cm³/mol. The average Bonchev–Trinajstić information content (AvgIpc) is 2.39. The standard InChI is InChI=1S/C14H17N3O3/c1-3-8-14(2,12(18)19)17-13(20)16-11-7-5-4-6-10(11)9-15/h4-7H,3,8H2,1-2H3,(H,18,19)(H2,16,17,20). The summed E-state index contributed by atoms with van der Waals surface area (Å²) in [6.45, 7) is 3.29. The minimum Gasteiger partial charge on any atom is -0.480 e. The Morgan fingerprint density at radius 1 is 1.40 bits per heavy atom. The third kappa shape index (κ3) is 3.72. The van der Waals surface area contributed by atoms with Gasteiger partial charge < -0.3 is 15.7 Å². The van der Waals surface area contributed by atoms with Crippen molar-refractivity contribution in [1.29, 1.82) is 5.26 Å². The molecule has 0 heterocycles. The van der Waals surface area contributed by atoms with E-state index in [0.717, 1.165) is 0 Å². The summed E-state index contributed by atoms with van der Waals surface area (Å²) >= 11 is 0. The number of rotatable bonds is 5. The van der Waals surface area contributed by atoms with Gasteiger partial charge in [0.05, 0.1) is 11.3 Å². The highest BCUT2D eigenvalue weighted by atomic mass is 16.4. The fourth-order valence-electron chi connectivity index (χ4n) is 1.82. The van der Waals surface area contributed by atoms with Gasteiger partial charge in [-0.1, -0.05) is 25.5 Å². The molecule has 0 radical (unpaired) electrons. The third-order valence-electron chi connectivity index (χ3n) is 2.91. The van der Waals surface area contributed by atoms with Crippen molar-refractivity contribution in [3.63, 3.8) is 0 Å². The molecular weight excluding hydrogens is 258 g/mol. The van der Waals surface area contributed by atoms with Gasteiger partial charge in [0.25, 0.3) is 0 Å². The first-order chi connectivity index (χ1) is 9.42. The lowest BCUT2D eigenvalue weighted by atomic mass is 9.97. The van der Waals surface area contributed by atoms with Crippen LogP contribution in [0.15, 0.2) is 24.3 Å². The van der Waals surface area contributed by atoms with Crippen LogP contribution in [-0.2, 0) is 4.79 Å². The second kappa shape index (κ2) is 6.57. The minimum atomic E-state index is -1.33. The Hall–Kier alpha value is -2.55. The zero-order chi connectivity index (χ0) is 15.2. The summed E-state index contributed by atoms with van der Waals surface area (Å²) in [4.78, 5) is 23.1. The minimum absolute atomic E-state index is 0.315. The van der Waals surface area contributed by atoms with E-state index in [9.17, 15) is 14.7 Å². The maximum absolute atomic E-state index is 11.9. The number of nitrogens with one attached hydrogen (secondary N) is 2. The van der Waals surface area contributed by atoms with Crippen LogP contribution in [0, 0.1) is 11.3 Å². The molecule has 0 aliphatic carbocycles. The topological polar surface area (TPSA) is 102 Å². The van der Waals surface area contributed by atoms with Gasteiger partial charge in [-0.2, -0.15) is 5.26 Å². The lowest BCUT2D eigenvalue weighted by Crippen LogP contribution is -2.53. The number of hydrogen-bond acceptors (Lipinski definition) is 3. The number of carboxylic acids is 1. The average molecular weight is 275 g/mol. The molecule has 1 aromatic carbocycles. The van der Waals surface area contributed by atoms with Crippen LogP contribution in [0.3, 0.4) is 0 Å². The van der Waals surface area contributed by atoms with Crippen LogP contribution in [-0.4, -0.2) is 22.6 Å². The van der Waals surface area contributed by atoms with Crippen LogP contribution in [0.1, 0.15) is 32.3 Å². The monoisotopic (exact) mass is 275 g/mol. The Balaban J connectivity index is 2.82. The molecule has 0 fully saturated rings. The van der Waals surface area contributed by atoms with Crippen molar-refractivity contribution in [1.82, 2.24) is 5.32 Å². The maximum Gasteiger partial charge on any atom is 0.329 e. The molecule has 1 aromatic rings. The van der Waals surface area contributed by atoms with Gasteiger partial charge in [0.2, 0.25) is 0 Å². The summed E-state index contributed by atoms with van der Waals surface area (Å²) in [7, 11) is 0. The molecule has 0 saturated heterocycles. The van der Waals surface area contributed by atoms with E-state index >= 15 is 0 Å². The van der Waals surface area contributed by atoms with Crippen LogP contribution >= 0.6 is 0 Å². The molecule has 2 amide bonds. The van der Waals surface area contributed by atoms with Crippen molar-refractivity contribution in [2.45, 2.75) is 32.2 Å². The van der Waals surface area contributed by atoms with E-state index < -0.39 is 17.5 Å². The number of urea groups is 1. The van der Waals surface area contributed by atoms with E-state index in [0.29, 0.717) is 24.1 Å². The third-order valence-corrected chi connectivity index (χ3v) is 2.91. The van der Waals surface area contributed by atoms with Crippen molar-refractivity contribution in [2.75, 3.05) is 5.32 Å². The molecule has 20 heavy (non-hydrogen) atoms. The summed E-state index contributed by atoms with van der Waals surface area (Å²) in [5, 5.41) is 23.0. The van der Waals surface area contributed by atoms with Crippen molar-refractivity contribution in [3.8, 4) is 6.07 Å². The second-order valence-electron chi connectivity index (χ2n) is 4.62. The Kier molecular flexibility index (Phi) is 5.09. The first-order valence-corrected chi connectivity index (χ1v) is 6.24. The van der Waals surface area contributed by atoms with Crippen LogP contribution < -0.4 is 10.6 Å². The Labute approximate surface area is 117 Å². The quantitative estimate of drug-likeness (QED) is 0.767. The van der Waals surface area contributed by atoms with Gasteiger partial charge in [-0.25, -0.2) is 9.59 Å². The summed E-state index contributed by atoms with van der Waals surface area (Å²) in [6, 6.07) is 7.81. The Bertz CT molecular complexity index is 551. The molecule has 6 nitrogen and oxygen atoms in total. The zero-order valence-electron chi connectivity index (χ0n) is 11.4. The Morgan fingerprint density at radius 2 is 2.05 bits per heavy atom. The van der Waals surface area contributed by atoms with Gasteiger partial charge in [-0.3, -0.25) is 0 Å². The van der Waals surface area contributed by atoms with Crippen molar-refractivity contribution >= 4 is 17.7 Å². The normalized spacial score (nSPS) is 12.8. The van der Waals surface area contributed by atoms with Crippen LogP contribution in [0.5, 0.6) is 0 Å². The van der Waals surface area contributed by atoms with Gasteiger partial charge in [0.15, 0.2) is 0 Å². The summed E-state index contributed by atoms with van der Waals surface area (Å²) in [5.41, 5.74) is -0.674. The van der Waals surface area contributed by atoms with Gasteiger partial charge in [0, 0.05) is 0 Å². The van der Waals surface area contributed by atoms with E-state index in [1.165, 1.54) is 6.92 Å². The molecule has 1 atom stereocenters. The molecule has 0 bridgehead atoms. The summed E-state index contributed by atoms with van der Waals surface area (Å²) in [6.07, 6.45) is 0.938. The van der Waals surface area contributed by atoms with E-state index in [4.69, 9.17) is 5.26 Å². The number of carbonyl (C=O) groups is 2. The maximum atomic E-state index is 11.9. The molecule has 106 valence electrons. The molecule has 1 unspecified atom stereocenters. The van der Waals surface area contributed by atoms with Gasteiger partial charge in [-0.15, -0.1) is 0 Å². The molecule has 6 heteroatoms. The smallest absolute Gasteiger partial charge is 0.329 e. The zero-order valence-corrected chi connectivity index (χ0v) is 11.4. The number of amides is 2. The van der Waals surface area contributed by atoms with Gasteiger partial charge >= 0.3 is 12.0 Å². The lowest BCUT2D eigenvalue weighted by Gasteiger charge is -2.25. The summed E-state index contributed by atoms with van der Waals surface area (Å²) in [5.74, 6) is -1.09. The molecule has 0 saturated carbocycles. The molecular formula is C14H17N3O3. The van der Waals surface area contributed by atoms with Crippen molar-refractivity contribution in [2.24, 2.45) is 0 Å². The molecule has 0 aromatic heterocycles. The highest BCUT2D eigenvalue weighted by molar-refractivity contribution is 5.94. The van der Waals surface area contributed by atoms with Crippen molar-refractivity contribution in [3.05, 3.63) is 29.8 Å². The van der Waals surface area contributed by atoms with Crippen LogP contribution in [0.25, 0.3) is 0 Å². The summed E-state index contributed by atoms with van der Waals surface area (Å²) < 4.78 is 0. The number of nitriles is 1. The van der Waals surface area contributed by atoms with Crippen molar-refractivity contribution < 1.29 is 14.7 Å². The predicted octanol–water partition coefficient (Wildman–Crippen LogP) is 2.32. The first-order valence-electron chi connectivity index (χ1n) is 6.24. The highest BCUT2D eigenvalue weighted by Crippen LogP contribution is 2.16. The molecule has 3 N–H and O–H groups in total. The Morgan fingerprint density at radius 3 is 2.60 bits per heavy atom. The molecule has 0 aliphatic heterocycles. The van der Waals surface area contributed by atoms with Crippen LogP contribution in [0.4, 0.5) is 10.5 Å². The van der Waals surface area contributed by atoms with E-state index in [2.05, 4.69) is 10.6 Å². The SMILES string of the molecule is CCCC(C)(NC(=O)Nc1ccccc1C#N)C(=O)O. The molecule has 0 aliphatic rings. The number of nitrogens with zero attached hydrogens (tertiary/aromatic N) is 1. The number of carboxylic acid groups (broad SMARTS) is 1. The van der Waals surface area contributed by atoms with E-state index in [-0.39, 0.29) is 0 Å². The number of benzene rings is 1. The molecule has 1 rings (SSSR count).